The number of carbonyl (C=O) groups excluding carboxylic acids is 2. The lowest BCUT2D eigenvalue weighted by Gasteiger charge is -2.57. The molecule has 36 heavy (non-hydrogen) atoms. The number of hydrogen-bond acceptors (Lipinski definition) is 3. The second kappa shape index (κ2) is 8.79. The fraction of sp³-hybridized carbons (Fsp3) is 0.484. The van der Waals surface area contributed by atoms with Crippen molar-refractivity contribution in [1.82, 2.24) is 10.7 Å². The minimum absolute atomic E-state index is 0.00242. The Morgan fingerprint density at radius 3 is 2.25 bits per heavy atom. The van der Waals surface area contributed by atoms with Gasteiger partial charge in [0, 0.05) is 23.5 Å². The maximum Gasteiger partial charge on any atom is 0.242 e. The quantitative estimate of drug-likeness (QED) is 0.515. The van der Waals surface area contributed by atoms with Crippen molar-refractivity contribution in [1.29, 1.82) is 0 Å². The Morgan fingerprint density at radius 2 is 1.58 bits per heavy atom. The number of para-hydroxylation sites is 2. The summed E-state index contributed by atoms with van der Waals surface area (Å²) in [7, 11) is 0. The van der Waals surface area contributed by atoms with E-state index in [0.717, 1.165) is 55.6 Å². The molecule has 1 heterocycles. The highest BCUT2D eigenvalue weighted by Gasteiger charge is 2.60. The SMILES string of the molecule is C[C@]12CCC(=O)NC1=CC[C@@H]1[C@H]2CC[C@]2(C)C(C(=O)NN(c3ccccc3)c3ccccc3)CC[C@@H]12. The number of allylic oxidation sites excluding steroid dienone is 2. The molecule has 188 valence electrons. The van der Waals surface area contributed by atoms with Crippen LogP contribution in [0.25, 0.3) is 0 Å². The molecule has 3 fully saturated rings. The van der Waals surface area contributed by atoms with Crippen molar-refractivity contribution in [3.63, 3.8) is 0 Å². The average Bonchev–Trinajstić information content (AvgIpc) is 3.26. The number of amides is 2. The summed E-state index contributed by atoms with van der Waals surface area (Å²) in [5.74, 6) is 2.02. The van der Waals surface area contributed by atoms with Gasteiger partial charge in [0.2, 0.25) is 11.8 Å². The van der Waals surface area contributed by atoms with Gasteiger partial charge in [-0.25, -0.2) is 0 Å². The summed E-state index contributed by atoms with van der Waals surface area (Å²) in [5.41, 5.74) is 6.46. The van der Waals surface area contributed by atoms with Crippen LogP contribution in [0.3, 0.4) is 0 Å². The molecule has 0 radical (unpaired) electrons. The van der Waals surface area contributed by atoms with Crippen molar-refractivity contribution in [2.45, 2.75) is 58.8 Å². The molecule has 5 heteroatoms. The van der Waals surface area contributed by atoms with Crippen molar-refractivity contribution in [2.24, 2.45) is 34.5 Å². The van der Waals surface area contributed by atoms with Crippen LogP contribution in [0.5, 0.6) is 0 Å². The molecule has 2 aromatic carbocycles. The van der Waals surface area contributed by atoms with E-state index in [0.29, 0.717) is 24.2 Å². The molecule has 2 amide bonds. The Balaban J connectivity index is 1.25. The summed E-state index contributed by atoms with van der Waals surface area (Å²) in [6, 6.07) is 20.2. The zero-order chi connectivity index (χ0) is 24.9. The molecule has 2 saturated carbocycles. The predicted octanol–water partition coefficient (Wildman–Crippen LogP) is 6.12. The third-order valence-corrected chi connectivity index (χ3v) is 10.2. The maximum atomic E-state index is 13.9. The van der Waals surface area contributed by atoms with E-state index in [1.54, 1.807) is 0 Å². The van der Waals surface area contributed by atoms with Crippen LogP contribution in [-0.4, -0.2) is 11.8 Å². The molecule has 3 aliphatic carbocycles. The largest absolute Gasteiger partial charge is 0.330 e. The van der Waals surface area contributed by atoms with Gasteiger partial charge in [0.15, 0.2) is 0 Å². The number of rotatable bonds is 4. The van der Waals surface area contributed by atoms with E-state index in [9.17, 15) is 9.59 Å². The van der Waals surface area contributed by atoms with Crippen LogP contribution in [0, 0.1) is 34.5 Å². The van der Waals surface area contributed by atoms with Crippen LogP contribution in [-0.2, 0) is 9.59 Å². The molecule has 4 aliphatic rings. The Hall–Kier alpha value is -3.08. The molecular formula is C31H37N3O2. The molecule has 1 saturated heterocycles. The summed E-state index contributed by atoms with van der Waals surface area (Å²) < 4.78 is 0. The van der Waals surface area contributed by atoms with Crippen LogP contribution in [0.2, 0.25) is 0 Å². The van der Waals surface area contributed by atoms with Crippen LogP contribution in [0.15, 0.2) is 72.4 Å². The van der Waals surface area contributed by atoms with E-state index >= 15 is 0 Å². The molecule has 0 bridgehead atoms. The molecule has 6 atom stereocenters. The smallest absolute Gasteiger partial charge is 0.242 e. The second-order valence-electron chi connectivity index (χ2n) is 11.9. The Bertz CT molecular complexity index is 1140. The highest BCUT2D eigenvalue weighted by Crippen LogP contribution is 2.65. The number of carbonyl (C=O) groups is 2. The fourth-order valence-corrected chi connectivity index (χ4v) is 8.25. The highest BCUT2D eigenvalue weighted by molar-refractivity contribution is 5.84. The Kier molecular flexibility index (Phi) is 5.70. The van der Waals surface area contributed by atoms with E-state index in [2.05, 4.69) is 30.7 Å². The predicted molar refractivity (Wildman–Crippen MR) is 142 cm³/mol. The Labute approximate surface area is 214 Å². The highest BCUT2D eigenvalue weighted by atomic mass is 16.2. The van der Waals surface area contributed by atoms with E-state index in [1.165, 1.54) is 0 Å². The normalized spacial score (nSPS) is 34.9. The van der Waals surface area contributed by atoms with Gasteiger partial charge in [-0.15, -0.1) is 0 Å². The number of benzene rings is 2. The topological polar surface area (TPSA) is 61.4 Å². The first-order valence-corrected chi connectivity index (χ1v) is 13.6. The van der Waals surface area contributed by atoms with Gasteiger partial charge in [0.1, 0.15) is 0 Å². The van der Waals surface area contributed by atoms with Gasteiger partial charge >= 0.3 is 0 Å². The van der Waals surface area contributed by atoms with Crippen LogP contribution in [0.1, 0.15) is 58.8 Å². The first kappa shape index (κ1) is 23.3. The lowest BCUT2D eigenvalue weighted by molar-refractivity contribution is -0.133. The summed E-state index contributed by atoms with van der Waals surface area (Å²) >= 11 is 0. The van der Waals surface area contributed by atoms with Gasteiger partial charge in [-0.3, -0.25) is 20.0 Å². The molecule has 2 aromatic rings. The standard InChI is InChI=1S/C31H37N3O2/c1-30-19-17-25-23(13-16-27-31(25,2)20-18-28(35)32-27)24(30)14-15-26(30)29(36)33-34(21-9-5-3-6-10-21)22-11-7-4-8-12-22/h3-12,16,23-26H,13-15,17-20H2,1-2H3,(H,32,35)(H,33,36)/t23-,24-,25+,26?,30-,31+/m0/s1. The average molecular weight is 484 g/mol. The van der Waals surface area contributed by atoms with Crippen molar-refractivity contribution < 1.29 is 9.59 Å². The van der Waals surface area contributed by atoms with Gasteiger partial charge in [-0.05, 0) is 86.0 Å². The van der Waals surface area contributed by atoms with Gasteiger partial charge < -0.3 is 5.32 Å². The number of hydrazine groups is 1. The van der Waals surface area contributed by atoms with Crippen molar-refractivity contribution >= 4 is 23.2 Å². The number of fused-ring (bicyclic) bond motifs is 5. The first-order chi connectivity index (χ1) is 17.4. The third kappa shape index (κ3) is 3.66. The van der Waals surface area contributed by atoms with Gasteiger partial charge in [-0.1, -0.05) is 56.3 Å². The van der Waals surface area contributed by atoms with Crippen LogP contribution >= 0.6 is 0 Å². The molecule has 6 rings (SSSR count). The number of nitrogens with zero attached hydrogens (tertiary/aromatic N) is 1. The third-order valence-electron chi connectivity index (χ3n) is 10.2. The summed E-state index contributed by atoms with van der Waals surface area (Å²) in [6.45, 7) is 4.75. The number of anilines is 2. The van der Waals surface area contributed by atoms with E-state index < -0.39 is 0 Å². The molecular weight excluding hydrogens is 446 g/mol. The summed E-state index contributed by atoms with van der Waals surface area (Å²) in [5, 5.41) is 5.13. The lowest BCUT2D eigenvalue weighted by atomic mass is 9.49. The zero-order valence-corrected chi connectivity index (χ0v) is 21.4. The molecule has 2 N–H and O–H groups in total. The summed E-state index contributed by atoms with van der Waals surface area (Å²) in [4.78, 5) is 26.0. The fourth-order valence-electron chi connectivity index (χ4n) is 8.25. The molecule has 0 spiro atoms. The van der Waals surface area contributed by atoms with Crippen LogP contribution < -0.4 is 15.8 Å². The minimum atomic E-state index is 0.00242. The number of piperidine rings is 1. The van der Waals surface area contributed by atoms with Gasteiger partial charge in [-0.2, -0.15) is 0 Å². The minimum Gasteiger partial charge on any atom is -0.330 e. The van der Waals surface area contributed by atoms with Crippen molar-refractivity contribution in [3.05, 3.63) is 72.4 Å². The second-order valence-corrected chi connectivity index (χ2v) is 11.9. The first-order valence-electron chi connectivity index (χ1n) is 13.6. The lowest BCUT2D eigenvalue weighted by Crippen LogP contribution is -2.54. The van der Waals surface area contributed by atoms with Crippen LogP contribution in [0.4, 0.5) is 11.4 Å². The Morgan fingerprint density at radius 1 is 0.917 bits per heavy atom. The van der Waals surface area contributed by atoms with Crippen molar-refractivity contribution in [3.8, 4) is 0 Å². The van der Waals surface area contributed by atoms with Gasteiger partial charge in [0.25, 0.3) is 0 Å². The monoisotopic (exact) mass is 483 g/mol. The number of hydrogen-bond donors (Lipinski definition) is 2. The summed E-state index contributed by atoms with van der Waals surface area (Å²) in [6.07, 6.45) is 9.15. The maximum absolute atomic E-state index is 13.9. The molecule has 1 aliphatic heterocycles. The van der Waals surface area contributed by atoms with E-state index in [4.69, 9.17) is 0 Å². The van der Waals surface area contributed by atoms with Crippen molar-refractivity contribution in [2.75, 3.05) is 5.01 Å². The van der Waals surface area contributed by atoms with Gasteiger partial charge in [0.05, 0.1) is 11.4 Å². The van der Waals surface area contributed by atoms with E-state index in [-0.39, 0.29) is 28.6 Å². The van der Waals surface area contributed by atoms with E-state index in [1.807, 2.05) is 65.7 Å². The zero-order valence-electron chi connectivity index (χ0n) is 21.4. The number of nitrogens with one attached hydrogen (secondary N) is 2. The molecule has 1 unspecified atom stereocenters. The molecule has 5 nitrogen and oxygen atoms in total. The molecule has 0 aromatic heterocycles.